The second-order valence-electron chi connectivity index (χ2n) is 17.0. The Morgan fingerprint density at radius 1 is 0.538 bits per heavy atom. The Balaban J connectivity index is 0.000000415. The molecule has 2 saturated heterocycles. The molecule has 0 bridgehead atoms. The first-order valence-corrected chi connectivity index (χ1v) is 22.5. The first-order chi connectivity index (χ1) is 29.1. The zero-order valence-corrected chi connectivity index (χ0v) is 41.9. The van der Waals surface area contributed by atoms with E-state index >= 15 is 0 Å². The molecule has 8 rings (SSSR count). The van der Waals surface area contributed by atoms with Crippen molar-refractivity contribution < 1.29 is 35.4 Å². The van der Waals surface area contributed by atoms with Crippen LogP contribution in [0.5, 0.6) is 23.0 Å². The van der Waals surface area contributed by atoms with Crippen molar-refractivity contribution in [1.82, 2.24) is 20.4 Å². The first-order valence-electron chi connectivity index (χ1n) is 21.7. The number of hydrogen-bond donors (Lipinski definition) is 6. The van der Waals surface area contributed by atoms with Crippen LogP contribution in [0.2, 0.25) is 10.0 Å². The van der Waals surface area contributed by atoms with Gasteiger partial charge in [-0.25, -0.2) is 0 Å². The normalized spacial score (nSPS) is 21.0. The van der Waals surface area contributed by atoms with Gasteiger partial charge < -0.3 is 55.8 Å². The molecular weight excluding hydrogens is 957 g/mol. The van der Waals surface area contributed by atoms with Gasteiger partial charge in [0, 0.05) is 60.2 Å². The minimum absolute atomic E-state index is 0. The molecule has 4 atom stereocenters. The van der Waals surface area contributed by atoms with Crippen molar-refractivity contribution in [1.29, 1.82) is 0 Å². The number of halogens is 6. The standard InChI is InChI=1S/2C24H31ClN2O3.4ClH.H2O/c2*1-26-15-23-19-6-7-21(28)24(29)20(19)14-22(30-23)17-9-12-27(13-10-17)11-8-16-2-4-18(25)5-3-16;;;;;/h2*2-7,17,22-23,26,28-29H,8-15H2,1H3;4*1H;1H2. The van der Waals surface area contributed by atoms with Crippen LogP contribution in [-0.4, -0.2) is 114 Å². The molecule has 0 spiro atoms. The summed E-state index contributed by atoms with van der Waals surface area (Å²) < 4.78 is 13.0. The number of rotatable bonds is 12. The van der Waals surface area contributed by atoms with E-state index in [1.54, 1.807) is 12.1 Å². The maximum Gasteiger partial charge on any atom is 0.161 e. The predicted octanol–water partition coefficient (Wildman–Crippen LogP) is 8.68. The number of ether oxygens (including phenoxy) is 2. The quantitative estimate of drug-likeness (QED) is 0.0758. The fraction of sp³-hybridized carbons (Fsp3) is 0.500. The van der Waals surface area contributed by atoms with Gasteiger partial charge in [-0.2, -0.15) is 0 Å². The minimum atomic E-state index is -0.0989. The van der Waals surface area contributed by atoms with E-state index in [4.69, 9.17) is 32.7 Å². The molecule has 4 heterocycles. The number of aromatic hydroxyl groups is 4. The Kier molecular flexibility index (Phi) is 25.4. The molecule has 0 saturated carbocycles. The lowest BCUT2D eigenvalue weighted by atomic mass is 9.83. The molecule has 8 N–H and O–H groups in total. The van der Waals surface area contributed by atoms with Crippen molar-refractivity contribution in [3.8, 4) is 23.0 Å². The number of fused-ring (bicyclic) bond motifs is 2. The predicted molar refractivity (Wildman–Crippen MR) is 271 cm³/mol. The van der Waals surface area contributed by atoms with Crippen molar-refractivity contribution in [3.63, 3.8) is 0 Å². The summed E-state index contributed by atoms with van der Waals surface area (Å²) in [5.41, 5.74) is 6.29. The topological polar surface area (TPSA) is 161 Å². The van der Waals surface area contributed by atoms with Gasteiger partial charge in [-0.1, -0.05) is 59.6 Å². The molecule has 4 aromatic carbocycles. The molecule has 4 unspecified atom stereocenters. The highest BCUT2D eigenvalue weighted by atomic mass is 35.5. The molecule has 65 heavy (non-hydrogen) atoms. The zero-order chi connectivity index (χ0) is 42.2. The number of nitrogens with zero attached hydrogens (tertiary/aromatic N) is 2. The SMILES string of the molecule is CNCC1OC(C2CCN(CCc3ccc(Cl)cc3)CC2)Cc2c1ccc(O)c2O.CNCC1OC(C2CCN(CCc3ccc(Cl)cc3)CC2)Cc2c1ccc(O)c2O.Cl.Cl.Cl.Cl.O. The number of phenolic OH excluding ortho intramolecular Hbond substituents is 4. The van der Waals surface area contributed by atoms with E-state index in [2.05, 4.69) is 44.7 Å². The molecule has 0 aromatic heterocycles. The third-order valence-electron chi connectivity index (χ3n) is 13.1. The Morgan fingerprint density at radius 3 is 1.20 bits per heavy atom. The van der Waals surface area contributed by atoms with Crippen LogP contribution < -0.4 is 10.6 Å². The molecule has 0 aliphatic carbocycles. The highest BCUT2D eigenvalue weighted by Crippen LogP contribution is 2.44. The summed E-state index contributed by atoms with van der Waals surface area (Å²) in [5, 5.41) is 48.8. The van der Waals surface area contributed by atoms with Gasteiger partial charge in [0.2, 0.25) is 0 Å². The van der Waals surface area contributed by atoms with E-state index in [1.165, 1.54) is 11.1 Å². The summed E-state index contributed by atoms with van der Waals surface area (Å²) in [7, 11) is 3.82. The Bertz CT molecular complexity index is 1860. The largest absolute Gasteiger partial charge is 0.504 e. The van der Waals surface area contributed by atoms with Crippen LogP contribution in [0.3, 0.4) is 0 Å². The van der Waals surface area contributed by atoms with Crippen LogP contribution in [0.25, 0.3) is 0 Å². The van der Waals surface area contributed by atoms with Crippen LogP contribution in [0.4, 0.5) is 0 Å². The molecule has 4 aliphatic heterocycles. The highest BCUT2D eigenvalue weighted by molar-refractivity contribution is 6.30. The van der Waals surface area contributed by atoms with Gasteiger partial charge in [0.25, 0.3) is 0 Å². The fourth-order valence-corrected chi connectivity index (χ4v) is 9.85. The molecule has 2 fully saturated rings. The second-order valence-corrected chi connectivity index (χ2v) is 17.8. The first kappa shape index (κ1) is 58.7. The van der Waals surface area contributed by atoms with Crippen LogP contribution >= 0.6 is 72.8 Å². The molecule has 364 valence electrons. The minimum Gasteiger partial charge on any atom is -0.504 e. The van der Waals surface area contributed by atoms with Crippen molar-refractivity contribution in [3.05, 3.63) is 116 Å². The number of benzene rings is 4. The average Bonchev–Trinajstić information content (AvgIpc) is 3.27. The van der Waals surface area contributed by atoms with Crippen molar-refractivity contribution in [2.24, 2.45) is 11.8 Å². The molecule has 4 aromatic rings. The number of piperidine rings is 2. The summed E-state index contributed by atoms with van der Waals surface area (Å²) in [6.07, 6.45) is 7.69. The van der Waals surface area contributed by atoms with Gasteiger partial charge in [-0.05, 0) is 149 Å². The Labute approximate surface area is 419 Å². The number of likely N-dealkylation sites (tertiary alicyclic amines) is 2. The lowest BCUT2D eigenvalue weighted by Gasteiger charge is -2.40. The summed E-state index contributed by atoms with van der Waals surface area (Å²) in [6, 6.07) is 23.1. The van der Waals surface area contributed by atoms with E-state index in [0.29, 0.717) is 37.8 Å². The average molecular weight is 1030 g/mol. The molecule has 0 radical (unpaired) electrons. The smallest absolute Gasteiger partial charge is 0.161 e. The van der Waals surface area contributed by atoms with E-state index in [0.717, 1.165) is 110 Å². The highest BCUT2D eigenvalue weighted by Gasteiger charge is 2.37. The van der Waals surface area contributed by atoms with Gasteiger partial charge in [-0.3, -0.25) is 0 Å². The van der Waals surface area contributed by atoms with Crippen LogP contribution in [0.15, 0.2) is 72.8 Å². The monoisotopic (exact) mass is 1020 g/mol. The molecule has 11 nitrogen and oxygen atoms in total. The lowest BCUT2D eigenvalue weighted by Crippen LogP contribution is -2.42. The summed E-state index contributed by atoms with van der Waals surface area (Å²) >= 11 is 11.9. The number of hydrogen-bond acceptors (Lipinski definition) is 10. The van der Waals surface area contributed by atoms with Crippen LogP contribution in [0.1, 0.15) is 71.3 Å². The third-order valence-corrected chi connectivity index (χ3v) is 13.6. The van der Waals surface area contributed by atoms with Crippen molar-refractivity contribution >= 4 is 72.8 Å². The molecule has 4 aliphatic rings. The fourth-order valence-electron chi connectivity index (χ4n) is 9.59. The van der Waals surface area contributed by atoms with Crippen molar-refractivity contribution in [2.45, 2.75) is 75.8 Å². The van der Waals surface area contributed by atoms with Gasteiger partial charge in [0.15, 0.2) is 23.0 Å². The zero-order valence-electron chi connectivity index (χ0n) is 37.1. The van der Waals surface area contributed by atoms with Gasteiger partial charge in [0.1, 0.15) is 0 Å². The third kappa shape index (κ3) is 15.3. The van der Waals surface area contributed by atoms with Crippen molar-refractivity contribution in [2.75, 3.05) is 66.5 Å². The van der Waals surface area contributed by atoms with E-state index in [9.17, 15) is 20.4 Å². The number of nitrogens with one attached hydrogen (secondary N) is 2. The van der Waals surface area contributed by atoms with Crippen LogP contribution in [0, 0.1) is 11.8 Å². The summed E-state index contributed by atoms with van der Waals surface area (Å²) in [4.78, 5) is 5.05. The Morgan fingerprint density at radius 2 is 0.877 bits per heavy atom. The number of phenols is 4. The Hall–Kier alpha value is -2.46. The van der Waals surface area contributed by atoms with Gasteiger partial charge >= 0.3 is 0 Å². The van der Waals surface area contributed by atoms with E-state index < -0.39 is 0 Å². The molecule has 0 amide bonds. The number of likely N-dealkylation sites (N-methyl/N-ethyl adjacent to an activating group) is 2. The maximum atomic E-state index is 10.4. The van der Waals surface area contributed by atoms with Crippen LogP contribution in [-0.2, 0) is 35.2 Å². The summed E-state index contributed by atoms with van der Waals surface area (Å²) in [5.74, 6) is 0.867. The molecule has 17 heteroatoms. The summed E-state index contributed by atoms with van der Waals surface area (Å²) in [6.45, 7) is 7.74. The van der Waals surface area contributed by atoms with E-state index in [-0.39, 0.29) is 103 Å². The maximum absolute atomic E-state index is 10.4. The molecular formula is C48H68Cl6N4O7. The van der Waals surface area contributed by atoms with Gasteiger partial charge in [-0.15, -0.1) is 49.6 Å². The van der Waals surface area contributed by atoms with Gasteiger partial charge in [0.05, 0.1) is 24.4 Å². The lowest BCUT2D eigenvalue weighted by molar-refractivity contribution is -0.0671. The van der Waals surface area contributed by atoms with E-state index in [1.807, 2.05) is 50.5 Å². The second kappa shape index (κ2) is 28.1.